The fourth-order valence-electron chi connectivity index (χ4n) is 1.39. The molecule has 0 fully saturated rings. The van der Waals surface area contributed by atoms with Gasteiger partial charge in [-0.3, -0.25) is 0 Å². The van der Waals surface area contributed by atoms with Gasteiger partial charge in [-0.25, -0.2) is 8.78 Å². The van der Waals surface area contributed by atoms with Gasteiger partial charge in [-0.1, -0.05) is 19.1 Å². The molecular formula is C12H17F2NO. The van der Waals surface area contributed by atoms with E-state index in [-0.39, 0.29) is 17.7 Å². The third-order valence-corrected chi connectivity index (χ3v) is 2.35. The standard InChI is InChI=1S/C12H17F2NO/c1-3-6-16-7-10(15)9-5-4-8(2)11(13)12(9)14/h4-5,10H,3,6-7,15H2,1-2H3. The molecule has 0 aliphatic rings. The molecule has 4 heteroatoms. The molecule has 16 heavy (non-hydrogen) atoms. The van der Waals surface area contributed by atoms with Gasteiger partial charge in [-0.15, -0.1) is 0 Å². The minimum atomic E-state index is -0.868. The van der Waals surface area contributed by atoms with Crippen molar-refractivity contribution >= 4 is 0 Å². The van der Waals surface area contributed by atoms with E-state index in [2.05, 4.69) is 0 Å². The van der Waals surface area contributed by atoms with Crippen molar-refractivity contribution in [3.05, 3.63) is 34.9 Å². The summed E-state index contributed by atoms with van der Waals surface area (Å²) in [5, 5.41) is 0. The van der Waals surface area contributed by atoms with Crippen LogP contribution in [0.5, 0.6) is 0 Å². The lowest BCUT2D eigenvalue weighted by Crippen LogP contribution is -2.19. The molecule has 0 radical (unpaired) electrons. The van der Waals surface area contributed by atoms with Crippen LogP contribution in [0.2, 0.25) is 0 Å². The SMILES string of the molecule is CCCOCC(N)c1ccc(C)c(F)c1F. The third kappa shape index (κ3) is 3.00. The van der Waals surface area contributed by atoms with Crippen molar-refractivity contribution in [1.29, 1.82) is 0 Å². The van der Waals surface area contributed by atoms with Crippen molar-refractivity contribution in [3.63, 3.8) is 0 Å². The van der Waals surface area contributed by atoms with E-state index < -0.39 is 17.7 Å². The van der Waals surface area contributed by atoms with Gasteiger partial charge < -0.3 is 10.5 Å². The zero-order valence-corrected chi connectivity index (χ0v) is 9.59. The number of ether oxygens (including phenoxy) is 1. The van der Waals surface area contributed by atoms with E-state index in [4.69, 9.17) is 10.5 Å². The summed E-state index contributed by atoms with van der Waals surface area (Å²) >= 11 is 0. The molecule has 0 saturated carbocycles. The van der Waals surface area contributed by atoms with Crippen molar-refractivity contribution < 1.29 is 13.5 Å². The molecule has 2 nitrogen and oxygen atoms in total. The second-order valence-electron chi connectivity index (χ2n) is 3.78. The van der Waals surface area contributed by atoms with Crippen molar-refractivity contribution in [3.8, 4) is 0 Å². The summed E-state index contributed by atoms with van der Waals surface area (Å²) in [5.74, 6) is -1.70. The van der Waals surface area contributed by atoms with Gasteiger partial charge in [-0.05, 0) is 18.9 Å². The largest absolute Gasteiger partial charge is 0.379 e. The summed E-state index contributed by atoms with van der Waals surface area (Å²) < 4.78 is 32.0. The minimum Gasteiger partial charge on any atom is -0.379 e. The predicted molar refractivity (Wildman–Crippen MR) is 59.1 cm³/mol. The second kappa shape index (κ2) is 5.92. The Labute approximate surface area is 94.4 Å². The monoisotopic (exact) mass is 229 g/mol. The van der Waals surface area contributed by atoms with E-state index in [0.717, 1.165) is 6.42 Å². The molecule has 1 unspecified atom stereocenters. The van der Waals surface area contributed by atoms with Gasteiger partial charge in [-0.2, -0.15) is 0 Å². The van der Waals surface area contributed by atoms with Crippen LogP contribution in [-0.2, 0) is 4.74 Å². The second-order valence-corrected chi connectivity index (χ2v) is 3.78. The summed E-state index contributed by atoms with van der Waals surface area (Å²) in [6.45, 7) is 4.26. The van der Waals surface area contributed by atoms with Crippen LogP contribution in [-0.4, -0.2) is 13.2 Å². The fourth-order valence-corrected chi connectivity index (χ4v) is 1.39. The molecule has 0 saturated heterocycles. The Morgan fingerprint density at radius 2 is 2.00 bits per heavy atom. The van der Waals surface area contributed by atoms with Crippen LogP contribution < -0.4 is 5.73 Å². The Bertz CT molecular complexity index is 355. The maximum Gasteiger partial charge on any atom is 0.163 e. The highest BCUT2D eigenvalue weighted by Gasteiger charge is 2.16. The Morgan fingerprint density at radius 1 is 1.31 bits per heavy atom. The summed E-state index contributed by atoms with van der Waals surface area (Å²) in [6.07, 6.45) is 0.872. The predicted octanol–water partition coefficient (Wildman–Crippen LogP) is 2.70. The summed E-state index contributed by atoms with van der Waals surface area (Å²) in [5.41, 5.74) is 6.17. The van der Waals surface area contributed by atoms with Gasteiger partial charge in [0.15, 0.2) is 11.6 Å². The van der Waals surface area contributed by atoms with E-state index >= 15 is 0 Å². The maximum atomic E-state index is 13.5. The van der Waals surface area contributed by atoms with Gasteiger partial charge in [0.1, 0.15) is 0 Å². The number of aryl methyl sites for hydroxylation is 1. The first-order valence-electron chi connectivity index (χ1n) is 5.35. The number of hydrogen-bond acceptors (Lipinski definition) is 2. The van der Waals surface area contributed by atoms with E-state index in [9.17, 15) is 8.78 Å². The summed E-state index contributed by atoms with van der Waals surface area (Å²) in [4.78, 5) is 0. The van der Waals surface area contributed by atoms with Crippen LogP contribution >= 0.6 is 0 Å². The molecule has 1 rings (SSSR count). The topological polar surface area (TPSA) is 35.2 Å². The Balaban J connectivity index is 2.76. The first-order valence-corrected chi connectivity index (χ1v) is 5.35. The first-order chi connectivity index (χ1) is 7.57. The van der Waals surface area contributed by atoms with Crippen molar-refractivity contribution in [1.82, 2.24) is 0 Å². The molecule has 1 atom stereocenters. The zero-order chi connectivity index (χ0) is 12.1. The molecule has 0 heterocycles. The molecule has 1 aromatic carbocycles. The Kier molecular flexibility index (Phi) is 4.83. The lowest BCUT2D eigenvalue weighted by Gasteiger charge is -2.14. The van der Waals surface area contributed by atoms with Crippen molar-refractivity contribution in [2.75, 3.05) is 13.2 Å². The smallest absolute Gasteiger partial charge is 0.163 e. The van der Waals surface area contributed by atoms with Crippen LogP contribution in [0.15, 0.2) is 12.1 Å². The number of hydrogen-bond donors (Lipinski definition) is 1. The first kappa shape index (κ1) is 13.1. The normalized spacial score (nSPS) is 12.8. The lowest BCUT2D eigenvalue weighted by molar-refractivity contribution is 0.120. The van der Waals surface area contributed by atoms with Crippen molar-refractivity contribution in [2.24, 2.45) is 5.73 Å². The van der Waals surface area contributed by atoms with Crippen LogP contribution in [0.3, 0.4) is 0 Å². The molecule has 0 aromatic heterocycles. The fraction of sp³-hybridized carbons (Fsp3) is 0.500. The van der Waals surface area contributed by atoms with Gasteiger partial charge in [0.2, 0.25) is 0 Å². The molecule has 2 N–H and O–H groups in total. The molecule has 1 aromatic rings. The number of nitrogens with two attached hydrogens (primary N) is 1. The molecule has 0 bridgehead atoms. The van der Waals surface area contributed by atoms with Gasteiger partial charge >= 0.3 is 0 Å². The maximum absolute atomic E-state index is 13.5. The minimum absolute atomic E-state index is 0.166. The molecule has 0 aliphatic heterocycles. The Hall–Kier alpha value is -1.00. The highest BCUT2D eigenvalue weighted by Crippen LogP contribution is 2.20. The van der Waals surface area contributed by atoms with Crippen LogP contribution in [0, 0.1) is 18.6 Å². The number of benzene rings is 1. The third-order valence-electron chi connectivity index (χ3n) is 2.35. The van der Waals surface area contributed by atoms with E-state index in [1.807, 2.05) is 6.92 Å². The van der Waals surface area contributed by atoms with Crippen LogP contribution in [0.4, 0.5) is 8.78 Å². The highest BCUT2D eigenvalue weighted by atomic mass is 19.2. The molecule has 90 valence electrons. The molecular weight excluding hydrogens is 212 g/mol. The van der Waals surface area contributed by atoms with E-state index in [1.54, 1.807) is 0 Å². The van der Waals surface area contributed by atoms with Crippen LogP contribution in [0.25, 0.3) is 0 Å². The quantitative estimate of drug-likeness (QED) is 0.788. The van der Waals surface area contributed by atoms with Gasteiger partial charge in [0.25, 0.3) is 0 Å². The van der Waals surface area contributed by atoms with Crippen LogP contribution in [0.1, 0.15) is 30.5 Å². The van der Waals surface area contributed by atoms with Crippen molar-refractivity contribution in [2.45, 2.75) is 26.3 Å². The highest BCUT2D eigenvalue weighted by molar-refractivity contribution is 5.27. The average molecular weight is 229 g/mol. The summed E-state index contributed by atoms with van der Waals surface area (Å²) in [7, 11) is 0. The molecule has 0 amide bonds. The number of halogens is 2. The Morgan fingerprint density at radius 3 is 2.62 bits per heavy atom. The average Bonchev–Trinajstić information content (AvgIpc) is 2.26. The van der Waals surface area contributed by atoms with Gasteiger partial charge in [0.05, 0.1) is 12.6 Å². The summed E-state index contributed by atoms with van der Waals surface area (Å²) in [6, 6.07) is 2.41. The van der Waals surface area contributed by atoms with E-state index in [0.29, 0.717) is 6.61 Å². The zero-order valence-electron chi connectivity index (χ0n) is 9.59. The molecule has 0 aliphatic carbocycles. The van der Waals surface area contributed by atoms with E-state index in [1.165, 1.54) is 19.1 Å². The number of rotatable bonds is 5. The molecule has 0 spiro atoms. The lowest BCUT2D eigenvalue weighted by atomic mass is 10.1. The van der Waals surface area contributed by atoms with Gasteiger partial charge in [0, 0.05) is 12.2 Å².